The van der Waals surface area contributed by atoms with Crippen LogP contribution in [0, 0.1) is 6.92 Å². The summed E-state index contributed by atoms with van der Waals surface area (Å²) in [6.45, 7) is 4.80. The normalized spacial score (nSPS) is 13.2. The molecule has 3 rings (SSSR count). The van der Waals surface area contributed by atoms with E-state index in [0.29, 0.717) is 5.56 Å². The first kappa shape index (κ1) is 22.8. The van der Waals surface area contributed by atoms with Gasteiger partial charge < -0.3 is 24.8 Å². The van der Waals surface area contributed by atoms with E-state index in [-0.39, 0.29) is 41.7 Å². The fourth-order valence-electron chi connectivity index (χ4n) is 3.69. The molecule has 0 saturated heterocycles. The van der Waals surface area contributed by atoms with E-state index in [0.717, 1.165) is 6.07 Å². The molecule has 0 bridgehead atoms. The summed E-state index contributed by atoms with van der Waals surface area (Å²) >= 11 is 0. The second kappa shape index (κ2) is 8.70. The summed E-state index contributed by atoms with van der Waals surface area (Å²) in [4.78, 5) is 49.4. The second-order valence-corrected chi connectivity index (χ2v) is 7.38. The SMILES string of the molecule is CCOC(=O)CCC(=O)OC(C)c1c(O)cc2c(c1O)C(=O)c1c(O)cc(C)cc1C2=O. The zero-order chi connectivity index (χ0) is 23.7. The summed E-state index contributed by atoms with van der Waals surface area (Å²) in [5.41, 5.74) is -0.635. The molecule has 9 heteroatoms. The molecule has 0 aromatic heterocycles. The molecule has 0 aliphatic heterocycles. The van der Waals surface area contributed by atoms with Crippen molar-refractivity contribution in [3.05, 3.63) is 51.6 Å². The molecule has 0 heterocycles. The summed E-state index contributed by atoms with van der Waals surface area (Å²) in [5, 5.41) is 31.4. The third kappa shape index (κ3) is 4.01. The van der Waals surface area contributed by atoms with Gasteiger partial charge in [0.15, 0.2) is 5.78 Å². The van der Waals surface area contributed by atoms with Gasteiger partial charge in [-0.05, 0) is 44.5 Å². The Morgan fingerprint density at radius 1 is 0.906 bits per heavy atom. The van der Waals surface area contributed by atoms with Crippen molar-refractivity contribution in [2.24, 2.45) is 0 Å². The van der Waals surface area contributed by atoms with Gasteiger partial charge >= 0.3 is 11.9 Å². The number of ketones is 2. The molecule has 0 saturated carbocycles. The number of hydrogen-bond acceptors (Lipinski definition) is 9. The highest BCUT2D eigenvalue weighted by molar-refractivity contribution is 6.30. The van der Waals surface area contributed by atoms with E-state index in [1.54, 1.807) is 13.8 Å². The lowest BCUT2D eigenvalue weighted by molar-refractivity contribution is -0.153. The number of hydrogen-bond donors (Lipinski definition) is 3. The van der Waals surface area contributed by atoms with Crippen LogP contribution < -0.4 is 0 Å². The highest BCUT2D eigenvalue weighted by Gasteiger charge is 2.37. The molecule has 168 valence electrons. The van der Waals surface area contributed by atoms with Crippen molar-refractivity contribution in [3.8, 4) is 17.2 Å². The largest absolute Gasteiger partial charge is 0.507 e. The lowest BCUT2D eigenvalue weighted by Gasteiger charge is -2.23. The van der Waals surface area contributed by atoms with Crippen LogP contribution in [0.4, 0.5) is 0 Å². The maximum absolute atomic E-state index is 13.0. The molecular formula is C23H22O9. The number of esters is 2. The molecule has 1 aliphatic carbocycles. The summed E-state index contributed by atoms with van der Waals surface area (Å²) in [6.07, 6.45) is -1.69. The van der Waals surface area contributed by atoms with E-state index < -0.39 is 52.4 Å². The van der Waals surface area contributed by atoms with Crippen LogP contribution in [0.2, 0.25) is 0 Å². The van der Waals surface area contributed by atoms with Gasteiger partial charge in [-0.1, -0.05) is 0 Å². The maximum atomic E-state index is 13.0. The predicted molar refractivity (Wildman–Crippen MR) is 110 cm³/mol. The number of aromatic hydroxyl groups is 3. The zero-order valence-electron chi connectivity index (χ0n) is 17.7. The van der Waals surface area contributed by atoms with Crippen molar-refractivity contribution in [1.29, 1.82) is 0 Å². The standard InChI is InChI=1S/C23H22O9/c1-4-31-16(26)5-6-17(27)32-11(3)18-15(25)9-13-20(22(18)29)23(30)19-12(21(13)28)7-10(2)8-14(19)24/h7-9,11,24-25,29H,4-6H2,1-3H3. The van der Waals surface area contributed by atoms with Gasteiger partial charge in [0.1, 0.15) is 23.4 Å². The topological polar surface area (TPSA) is 147 Å². The molecule has 0 radical (unpaired) electrons. The highest BCUT2D eigenvalue weighted by atomic mass is 16.5. The van der Waals surface area contributed by atoms with Gasteiger partial charge in [-0.15, -0.1) is 0 Å². The van der Waals surface area contributed by atoms with Crippen LogP contribution in [-0.2, 0) is 19.1 Å². The van der Waals surface area contributed by atoms with Gasteiger partial charge in [0.2, 0.25) is 5.78 Å². The van der Waals surface area contributed by atoms with Gasteiger partial charge in [-0.2, -0.15) is 0 Å². The van der Waals surface area contributed by atoms with Crippen molar-refractivity contribution in [1.82, 2.24) is 0 Å². The Balaban J connectivity index is 1.95. The number of carbonyl (C=O) groups excluding carboxylic acids is 4. The third-order valence-corrected chi connectivity index (χ3v) is 5.08. The summed E-state index contributed by atoms with van der Waals surface area (Å²) in [7, 11) is 0. The quantitative estimate of drug-likeness (QED) is 0.490. The fraction of sp³-hybridized carbons (Fsp3) is 0.304. The molecular weight excluding hydrogens is 420 g/mol. The summed E-state index contributed by atoms with van der Waals surface area (Å²) < 4.78 is 9.91. The van der Waals surface area contributed by atoms with Crippen molar-refractivity contribution >= 4 is 23.5 Å². The molecule has 9 nitrogen and oxygen atoms in total. The number of benzene rings is 2. The minimum absolute atomic E-state index is 0.0370. The molecule has 1 atom stereocenters. The van der Waals surface area contributed by atoms with Gasteiger partial charge in [0, 0.05) is 11.1 Å². The monoisotopic (exact) mass is 442 g/mol. The average Bonchev–Trinajstić information content (AvgIpc) is 2.69. The van der Waals surface area contributed by atoms with Gasteiger partial charge in [-0.25, -0.2) is 0 Å². The second-order valence-electron chi connectivity index (χ2n) is 7.38. The van der Waals surface area contributed by atoms with Crippen molar-refractivity contribution in [2.75, 3.05) is 6.61 Å². The van der Waals surface area contributed by atoms with E-state index >= 15 is 0 Å². The summed E-state index contributed by atoms with van der Waals surface area (Å²) in [6, 6.07) is 3.78. The highest BCUT2D eigenvalue weighted by Crippen LogP contribution is 2.44. The van der Waals surface area contributed by atoms with Gasteiger partial charge in [0.05, 0.1) is 36.1 Å². The van der Waals surface area contributed by atoms with Crippen molar-refractivity contribution in [3.63, 3.8) is 0 Å². The number of ether oxygens (including phenoxy) is 2. The van der Waals surface area contributed by atoms with E-state index in [9.17, 15) is 34.5 Å². The van der Waals surface area contributed by atoms with Crippen LogP contribution in [0.3, 0.4) is 0 Å². The first-order valence-electron chi connectivity index (χ1n) is 9.93. The van der Waals surface area contributed by atoms with E-state index in [2.05, 4.69) is 0 Å². The van der Waals surface area contributed by atoms with E-state index in [1.807, 2.05) is 0 Å². The Kier molecular flexibility index (Phi) is 6.20. The number of carbonyl (C=O) groups is 4. The predicted octanol–water partition coefficient (Wildman–Crippen LogP) is 2.83. The van der Waals surface area contributed by atoms with Crippen LogP contribution in [0.5, 0.6) is 17.2 Å². The van der Waals surface area contributed by atoms with E-state index in [4.69, 9.17) is 9.47 Å². The van der Waals surface area contributed by atoms with Crippen LogP contribution in [0.25, 0.3) is 0 Å². The minimum Gasteiger partial charge on any atom is -0.507 e. The Morgan fingerprint density at radius 3 is 2.19 bits per heavy atom. The maximum Gasteiger partial charge on any atom is 0.306 e. The number of phenolic OH excluding ortho intramolecular Hbond substituents is 3. The van der Waals surface area contributed by atoms with E-state index in [1.165, 1.54) is 19.1 Å². The first-order chi connectivity index (χ1) is 15.1. The van der Waals surface area contributed by atoms with Gasteiger partial charge in [0.25, 0.3) is 0 Å². The lowest BCUT2D eigenvalue weighted by Crippen LogP contribution is -2.22. The summed E-state index contributed by atoms with van der Waals surface area (Å²) in [5.74, 6) is -4.49. The molecule has 32 heavy (non-hydrogen) atoms. The molecule has 2 aromatic carbocycles. The Morgan fingerprint density at radius 2 is 1.53 bits per heavy atom. The average molecular weight is 442 g/mol. The molecule has 1 unspecified atom stereocenters. The third-order valence-electron chi connectivity index (χ3n) is 5.08. The van der Waals surface area contributed by atoms with Crippen LogP contribution in [-0.4, -0.2) is 45.4 Å². The van der Waals surface area contributed by atoms with Crippen LogP contribution in [0.1, 0.15) is 75.8 Å². The Hall–Kier alpha value is -3.88. The number of fused-ring (bicyclic) bond motifs is 2. The smallest absolute Gasteiger partial charge is 0.306 e. The van der Waals surface area contributed by atoms with Crippen molar-refractivity contribution < 1.29 is 44.0 Å². The molecule has 2 aromatic rings. The number of phenols is 3. The van der Waals surface area contributed by atoms with Crippen LogP contribution in [0.15, 0.2) is 18.2 Å². The Labute approximate surface area is 183 Å². The first-order valence-corrected chi connectivity index (χ1v) is 9.93. The Bertz CT molecular complexity index is 1150. The molecule has 3 N–H and O–H groups in total. The molecule has 0 amide bonds. The molecule has 0 spiro atoms. The van der Waals surface area contributed by atoms with Crippen molar-refractivity contribution in [2.45, 2.75) is 39.7 Å². The van der Waals surface area contributed by atoms with Gasteiger partial charge in [-0.3, -0.25) is 19.2 Å². The number of aryl methyl sites for hydroxylation is 1. The lowest BCUT2D eigenvalue weighted by atomic mass is 9.81. The minimum atomic E-state index is -1.20. The molecule has 0 fully saturated rings. The fourth-order valence-corrected chi connectivity index (χ4v) is 3.69. The number of rotatable bonds is 6. The molecule has 1 aliphatic rings. The zero-order valence-corrected chi connectivity index (χ0v) is 17.7. The van der Waals surface area contributed by atoms with Crippen LogP contribution >= 0.6 is 0 Å².